The van der Waals surface area contributed by atoms with Gasteiger partial charge in [-0.2, -0.15) is 0 Å². The third kappa shape index (κ3) is 3.14. The molecule has 3 heterocycles. The number of carbonyl (C=O) groups is 1. The number of piperidine rings is 1. The van der Waals surface area contributed by atoms with E-state index in [2.05, 4.69) is 14.9 Å². The number of nitrogens with zero attached hydrogens (tertiary/aromatic N) is 3. The summed E-state index contributed by atoms with van der Waals surface area (Å²) in [5, 5.41) is 0. The van der Waals surface area contributed by atoms with Gasteiger partial charge in [-0.1, -0.05) is 13.0 Å². The van der Waals surface area contributed by atoms with Crippen LogP contribution in [0.1, 0.15) is 43.1 Å². The number of hydrogen-bond donors (Lipinski definition) is 1. The Bertz CT molecular complexity index is 842. The first-order valence-corrected chi connectivity index (χ1v) is 9.53. The number of aromatic amines is 1. The number of amides is 1. The minimum absolute atomic E-state index is 0.154. The van der Waals surface area contributed by atoms with Crippen molar-refractivity contribution in [3.05, 3.63) is 53.1 Å². The molecule has 0 bridgehead atoms. The summed E-state index contributed by atoms with van der Waals surface area (Å²) >= 11 is 0. The van der Waals surface area contributed by atoms with Gasteiger partial charge in [-0.05, 0) is 18.9 Å². The quantitative estimate of drug-likeness (QED) is 0.899. The Morgan fingerprint density at radius 3 is 2.74 bits per heavy atom. The van der Waals surface area contributed by atoms with E-state index in [4.69, 9.17) is 0 Å². The predicted octanol–water partition coefficient (Wildman–Crippen LogP) is 2.97. The molecule has 27 heavy (non-hydrogen) atoms. The molecule has 0 aliphatic carbocycles. The van der Waals surface area contributed by atoms with Crippen molar-refractivity contribution in [2.45, 2.75) is 44.7 Å². The monoisotopic (exact) mass is 374 g/mol. The standard InChI is InChI=1S/C20H24F2N4O/c1-2-18(27)26-8-5-17-19(24-13-23-17)20(26)6-9-25(10-7-20)12-14-3-4-15(21)11-16(14)22/h3-4,11,13H,2,5-10,12H2,1H3,(H,23,24). The Kier molecular flexibility index (Phi) is 4.72. The summed E-state index contributed by atoms with van der Waals surface area (Å²) < 4.78 is 27.1. The van der Waals surface area contributed by atoms with Gasteiger partial charge in [-0.3, -0.25) is 9.69 Å². The SMILES string of the molecule is CCC(=O)N1CCc2[nH]cnc2C12CCN(Cc1ccc(F)cc1F)CC2. The molecule has 1 fully saturated rings. The number of aromatic nitrogens is 2. The Hall–Kier alpha value is -2.28. The van der Waals surface area contributed by atoms with Crippen LogP contribution >= 0.6 is 0 Å². The van der Waals surface area contributed by atoms with E-state index in [0.29, 0.717) is 25.1 Å². The number of imidazole rings is 1. The van der Waals surface area contributed by atoms with Crippen molar-refractivity contribution in [3.63, 3.8) is 0 Å². The minimum atomic E-state index is -0.559. The molecule has 1 aromatic carbocycles. The number of hydrogen-bond acceptors (Lipinski definition) is 3. The van der Waals surface area contributed by atoms with Crippen LogP contribution < -0.4 is 0 Å². The van der Waals surface area contributed by atoms with E-state index < -0.39 is 11.6 Å². The first-order chi connectivity index (χ1) is 13.0. The molecule has 2 aromatic rings. The molecule has 2 aliphatic rings. The highest BCUT2D eigenvalue weighted by molar-refractivity contribution is 5.77. The van der Waals surface area contributed by atoms with Gasteiger partial charge in [0.25, 0.3) is 0 Å². The highest BCUT2D eigenvalue weighted by atomic mass is 19.1. The molecule has 144 valence electrons. The Morgan fingerprint density at radius 2 is 2.04 bits per heavy atom. The molecular formula is C20H24F2N4O. The average molecular weight is 374 g/mol. The number of benzene rings is 1. The van der Waals surface area contributed by atoms with Crippen LogP contribution in [0.15, 0.2) is 24.5 Å². The second kappa shape index (κ2) is 7.03. The van der Waals surface area contributed by atoms with Gasteiger partial charge in [0.2, 0.25) is 5.91 Å². The summed E-state index contributed by atoms with van der Waals surface area (Å²) in [4.78, 5) is 24.6. The fourth-order valence-electron chi connectivity index (χ4n) is 4.51. The van der Waals surface area contributed by atoms with Gasteiger partial charge in [0.05, 0.1) is 17.6 Å². The number of rotatable bonds is 3. The summed E-state index contributed by atoms with van der Waals surface area (Å²) in [5.74, 6) is -0.914. The highest BCUT2D eigenvalue weighted by Gasteiger charge is 2.48. The van der Waals surface area contributed by atoms with Gasteiger partial charge in [0, 0.05) is 56.3 Å². The van der Waals surface area contributed by atoms with E-state index >= 15 is 0 Å². The van der Waals surface area contributed by atoms with Gasteiger partial charge in [0.1, 0.15) is 11.6 Å². The molecule has 1 aromatic heterocycles. The lowest BCUT2D eigenvalue weighted by Gasteiger charge is -2.50. The van der Waals surface area contributed by atoms with Crippen molar-refractivity contribution >= 4 is 5.91 Å². The summed E-state index contributed by atoms with van der Waals surface area (Å²) in [7, 11) is 0. The van der Waals surface area contributed by atoms with E-state index in [1.807, 2.05) is 11.8 Å². The fraction of sp³-hybridized carbons (Fsp3) is 0.500. The Morgan fingerprint density at radius 1 is 1.26 bits per heavy atom. The van der Waals surface area contributed by atoms with E-state index in [-0.39, 0.29) is 11.4 Å². The normalized spacial score (nSPS) is 19.3. The smallest absolute Gasteiger partial charge is 0.223 e. The van der Waals surface area contributed by atoms with Crippen LogP contribution in [0.2, 0.25) is 0 Å². The van der Waals surface area contributed by atoms with Crippen LogP contribution in [0.3, 0.4) is 0 Å². The van der Waals surface area contributed by atoms with E-state index in [1.165, 1.54) is 12.1 Å². The van der Waals surface area contributed by atoms with E-state index in [9.17, 15) is 13.6 Å². The Balaban J connectivity index is 1.54. The molecule has 4 rings (SSSR count). The number of carbonyl (C=O) groups excluding carboxylic acids is 1. The maximum atomic E-state index is 14.0. The topological polar surface area (TPSA) is 52.2 Å². The lowest BCUT2D eigenvalue weighted by atomic mass is 9.78. The minimum Gasteiger partial charge on any atom is -0.348 e. The van der Waals surface area contributed by atoms with Gasteiger partial charge in [0.15, 0.2) is 0 Å². The van der Waals surface area contributed by atoms with Crippen LogP contribution in [0.25, 0.3) is 0 Å². The number of nitrogens with one attached hydrogen (secondary N) is 1. The molecule has 0 atom stereocenters. The average Bonchev–Trinajstić information content (AvgIpc) is 3.15. The van der Waals surface area contributed by atoms with Crippen molar-refractivity contribution in [2.24, 2.45) is 0 Å². The summed E-state index contributed by atoms with van der Waals surface area (Å²) in [6.45, 7) is 4.50. The van der Waals surface area contributed by atoms with Crippen LogP contribution in [0, 0.1) is 11.6 Å². The van der Waals surface area contributed by atoms with Crippen LogP contribution in [0.5, 0.6) is 0 Å². The molecule has 0 radical (unpaired) electrons. The zero-order valence-electron chi connectivity index (χ0n) is 15.5. The van der Waals surface area contributed by atoms with Crippen LogP contribution in [-0.4, -0.2) is 45.3 Å². The van der Waals surface area contributed by atoms with Crippen molar-refractivity contribution in [1.29, 1.82) is 0 Å². The number of fused-ring (bicyclic) bond motifs is 2. The summed E-state index contributed by atoms with van der Waals surface area (Å²) in [5.41, 5.74) is 2.23. The first kappa shape index (κ1) is 18.1. The second-order valence-electron chi connectivity index (χ2n) is 7.42. The lowest BCUT2D eigenvalue weighted by Crippen LogP contribution is -2.58. The third-order valence-corrected chi connectivity index (χ3v) is 5.96. The van der Waals surface area contributed by atoms with E-state index in [1.54, 1.807) is 6.33 Å². The fourth-order valence-corrected chi connectivity index (χ4v) is 4.51. The molecule has 1 N–H and O–H groups in total. The van der Waals surface area contributed by atoms with Gasteiger partial charge in [-0.25, -0.2) is 13.8 Å². The van der Waals surface area contributed by atoms with Gasteiger partial charge in [-0.15, -0.1) is 0 Å². The molecule has 0 unspecified atom stereocenters. The van der Waals surface area contributed by atoms with Gasteiger partial charge >= 0.3 is 0 Å². The summed E-state index contributed by atoms with van der Waals surface area (Å²) in [6.07, 6.45) is 4.52. The molecule has 0 saturated carbocycles. The van der Waals surface area contributed by atoms with Crippen LogP contribution in [0.4, 0.5) is 8.78 Å². The predicted molar refractivity (Wildman–Crippen MR) is 96.8 cm³/mol. The molecule has 2 aliphatic heterocycles. The van der Waals surface area contributed by atoms with Crippen LogP contribution in [-0.2, 0) is 23.3 Å². The number of H-pyrrole nitrogens is 1. The lowest BCUT2D eigenvalue weighted by molar-refractivity contribution is -0.141. The maximum Gasteiger partial charge on any atom is 0.223 e. The number of halogens is 2. The molecule has 1 amide bonds. The largest absolute Gasteiger partial charge is 0.348 e. The van der Waals surface area contributed by atoms with Crippen molar-refractivity contribution in [3.8, 4) is 0 Å². The third-order valence-electron chi connectivity index (χ3n) is 5.96. The maximum absolute atomic E-state index is 14.0. The zero-order valence-corrected chi connectivity index (χ0v) is 15.5. The highest BCUT2D eigenvalue weighted by Crippen LogP contribution is 2.42. The summed E-state index contributed by atoms with van der Waals surface area (Å²) in [6, 6.07) is 3.73. The molecular weight excluding hydrogens is 350 g/mol. The van der Waals surface area contributed by atoms with Crippen molar-refractivity contribution < 1.29 is 13.6 Å². The number of likely N-dealkylation sites (tertiary alicyclic amines) is 1. The molecule has 7 heteroatoms. The zero-order chi connectivity index (χ0) is 19.0. The second-order valence-corrected chi connectivity index (χ2v) is 7.42. The first-order valence-electron chi connectivity index (χ1n) is 9.53. The molecule has 1 spiro atoms. The Labute approximate surface area is 157 Å². The van der Waals surface area contributed by atoms with Gasteiger partial charge < -0.3 is 9.88 Å². The molecule has 5 nitrogen and oxygen atoms in total. The van der Waals surface area contributed by atoms with Crippen molar-refractivity contribution in [1.82, 2.24) is 19.8 Å². The molecule has 1 saturated heterocycles. The van der Waals surface area contributed by atoms with Crippen molar-refractivity contribution in [2.75, 3.05) is 19.6 Å². The van der Waals surface area contributed by atoms with E-state index in [0.717, 1.165) is 49.8 Å².